The normalized spacial score (nSPS) is 16.1. The van der Waals surface area contributed by atoms with E-state index in [1.54, 1.807) is 32.8 Å². The third kappa shape index (κ3) is 1.51. The first-order valence-corrected chi connectivity index (χ1v) is 19.5. The average Bonchev–Trinajstić information content (AvgIpc) is 4.08. The molecule has 54 heavy (non-hydrogen) atoms. The molecule has 0 unspecified atom stereocenters. The maximum Gasteiger partial charge on any atom is 0.251 e. The van der Waals surface area contributed by atoms with E-state index in [-0.39, 0.29) is 13.4 Å². The highest BCUT2D eigenvalue weighted by molar-refractivity contribution is 7.17. The molecule has 6 heteroatoms. The minimum Gasteiger partial charge on any atom is -0.309 e. The number of hydrogen-bond donors (Lipinski definition) is 0. The van der Waals surface area contributed by atoms with Gasteiger partial charge in [0.1, 0.15) is 0 Å². The van der Waals surface area contributed by atoms with Crippen LogP contribution in [0, 0.1) is 0 Å². The van der Waals surface area contributed by atoms with E-state index in [0.717, 1.165) is 0 Å². The summed E-state index contributed by atoms with van der Waals surface area (Å²) in [5.74, 6) is 0. The molecule has 5 aliphatic heterocycles. The van der Waals surface area contributed by atoms with Gasteiger partial charge in [-0.3, -0.25) is 0 Å². The summed E-state index contributed by atoms with van der Waals surface area (Å²) in [4.78, 5) is 0. The predicted octanol–water partition coefficient (Wildman–Crippen LogP) is 6.89. The second kappa shape index (κ2) is 5.80. The van der Waals surface area contributed by atoms with Crippen LogP contribution in [0.5, 0.6) is 0 Å². The van der Waals surface area contributed by atoms with E-state index >= 15 is 0 Å². The maximum absolute atomic E-state index is 2.78. The van der Waals surface area contributed by atoms with Crippen molar-refractivity contribution in [2.24, 2.45) is 0 Å². The molecule has 5 aliphatic rings. The molecular weight excluding hydrogens is 654 g/mol. The monoisotopic (exact) mass is 668 g/mol. The molecule has 4 nitrogen and oxygen atoms in total. The fourth-order valence-electron chi connectivity index (χ4n) is 15.4. The fourth-order valence-corrected chi connectivity index (χ4v) is 15.4. The Morgan fingerprint density at radius 1 is 0.241 bits per heavy atom. The van der Waals surface area contributed by atoms with E-state index in [9.17, 15) is 0 Å². The molecule has 0 spiro atoms. The van der Waals surface area contributed by atoms with Crippen LogP contribution in [0.4, 0.5) is 0 Å². The van der Waals surface area contributed by atoms with Gasteiger partial charge in [0.2, 0.25) is 0 Å². The Morgan fingerprint density at radius 3 is 0.778 bits per heavy atom. The number of rotatable bonds is 0. The van der Waals surface area contributed by atoms with E-state index in [0.29, 0.717) is 0 Å². The predicted molar refractivity (Wildman–Crippen MR) is 228 cm³/mol. The smallest absolute Gasteiger partial charge is 0.251 e. The molecule has 16 aromatic rings. The Hall–Kier alpha value is -6.91. The van der Waals surface area contributed by atoms with Crippen LogP contribution >= 0.6 is 0 Å². The van der Waals surface area contributed by atoms with Crippen LogP contribution in [0.3, 0.4) is 0 Å². The second-order valence-electron chi connectivity index (χ2n) is 17.7. The van der Waals surface area contributed by atoms with Crippen LogP contribution in [-0.2, 0) is 0 Å². The molecule has 0 radical (unpaired) electrons. The lowest BCUT2D eigenvalue weighted by Crippen LogP contribution is -2.78. The van der Waals surface area contributed by atoms with Gasteiger partial charge in [0.25, 0.3) is 13.4 Å². The largest absolute Gasteiger partial charge is 0.309 e. The highest BCUT2D eigenvalue weighted by Gasteiger charge is 2.55. The van der Waals surface area contributed by atoms with Crippen molar-refractivity contribution in [2.75, 3.05) is 0 Å². The van der Waals surface area contributed by atoms with Crippen LogP contribution < -0.4 is 32.8 Å². The molecule has 8 aromatic heterocycles. The van der Waals surface area contributed by atoms with Crippen LogP contribution in [0.25, 0.3) is 152 Å². The fraction of sp³-hybridized carbons (Fsp3) is 0. The van der Waals surface area contributed by atoms with Gasteiger partial charge in [0, 0.05) is 108 Å². The quantitative estimate of drug-likeness (QED) is 0.157. The first-order valence-electron chi connectivity index (χ1n) is 19.5. The standard InChI is InChI=1S/C48H14B2N4/c1-5-15-23-13-24-16-6-3-11-21-29-30-22-12-4-8-18-26-14-25-17-7-2-10-20-28-27-19(9-1)37(15)51-41(23)35-42(24)53(39(16)21)47(29)33-34-48(30)54(40(18)22)44(26)36-43(25)52(38(17)20)46(28)32(50(34)36)31(45(27)51)49(33)35/h1-14H. The molecule has 8 aromatic carbocycles. The molecular formula is C48H14B2N4. The molecule has 0 saturated carbocycles. The number of hydrogen-bond acceptors (Lipinski definition) is 0. The number of benzene rings is 8. The Labute approximate surface area is 300 Å². The van der Waals surface area contributed by atoms with Crippen LogP contribution in [0.15, 0.2) is 84.9 Å². The van der Waals surface area contributed by atoms with Crippen LogP contribution in [-0.4, -0.2) is 31.0 Å². The molecule has 0 N–H and O–H groups in total. The van der Waals surface area contributed by atoms with Gasteiger partial charge in [0.15, 0.2) is 0 Å². The molecule has 0 aliphatic carbocycles. The molecule has 0 atom stereocenters. The van der Waals surface area contributed by atoms with Gasteiger partial charge in [-0.05, 0) is 44.9 Å². The Morgan fingerprint density at radius 2 is 0.500 bits per heavy atom. The van der Waals surface area contributed by atoms with E-state index < -0.39 is 0 Å². The Balaban J connectivity index is 1.30. The lowest BCUT2D eigenvalue weighted by molar-refractivity contribution is 1.34. The van der Waals surface area contributed by atoms with Gasteiger partial charge in [-0.25, -0.2) is 0 Å². The van der Waals surface area contributed by atoms with Crippen molar-refractivity contribution in [3.8, 4) is 0 Å². The van der Waals surface area contributed by atoms with Gasteiger partial charge in [-0.15, -0.1) is 0 Å². The molecule has 0 bridgehead atoms. The third-order valence-electron chi connectivity index (χ3n) is 16.5. The molecule has 0 saturated heterocycles. The molecule has 0 fully saturated rings. The summed E-state index contributed by atoms with van der Waals surface area (Å²) in [5.41, 5.74) is 27.0. The van der Waals surface area contributed by atoms with Crippen LogP contribution in [0.1, 0.15) is 0 Å². The maximum atomic E-state index is 2.78. The number of fused-ring (bicyclic) bond motifs is 10. The van der Waals surface area contributed by atoms with E-state index in [1.807, 2.05) is 0 Å². The first-order chi connectivity index (χ1) is 26.9. The highest BCUT2D eigenvalue weighted by atomic mass is 15.0. The summed E-state index contributed by atoms with van der Waals surface area (Å²) in [7, 11) is 0. The van der Waals surface area contributed by atoms with Gasteiger partial charge in [0.05, 0.1) is 44.1 Å². The number of nitrogens with zero attached hydrogens (tertiary/aromatic N) is 4. The Bertz CT molecular complexity index is 4290. The van der Waals surface area contributed by atoms with Crippen molar-refractivity contribution in [1.29, 1.82) is 0 Å². The molecule has 0 amide bonds. The van der Waals surface area contributed by atoms with Gasteiger partial charge >= 0.3 is 0 Å². The summed E-state index contributed by atoms with van der Waals surface area (Å²) < 4.78 is 11.1. The second-order valence-corrected chi connectivity index (χ2v) is 17.7. The zero-order chi connectivity index (χ0) is 33.0. The van der Waals surface area contributed by atoms with Gasteiger partial charge < -0.3 is 17.6 Å². The van der Waals surface area contributed by atoms with Crippen molar-refractivity contribution < 1.29 is 0 Å². The van der Waals surface area contributed by atoms with Gasteiger partial charge in [-0.2, -0.15) is 0 Å². The molecule has 21 rings (SSSR count). The summed E-state index contributed by atoms with van der Waals surface area (Å²) >= 11 is 0. The molecule has 13 heterocycles. The SMILES string of the molecule is c1cc2c3cc4c5cccc6c7c8c9cccc%10c%11cc%12c%13cccc%14c%15c%16c(c1)c2n1c3c2c4n(c7c3c4c8n(c%11c7c%12n(c%15c(c(c%161)B23)B74)c%13%14)c%109)c56. The summed E-state index contributed by atoms with van der Waals surface area (Å²) in [6.45, 7) is 0.379. The average molecular weight is 668 g/mol. The summed E-state index contributed by atoms with van der Waals surface area (Å²) in [6.07, 6.45) is 0. The van der Waals surface area contributed by atoms with Crippen molar-refractivity contribution in [3.63, 3.8) is 0 Å². The molecule has 232 valence electrons. The summed E-state index contributed by atoms with van der Waals surface area (Å²) in [5, 5.41) is 22.9. The summed E-state index contributed by atoms with van der Waals surface area (Å²) in [6, 6.07) is 33.9. The van der Waals surface area contributed by atoms with Gasteiger partial charge in [-0.1, -0.05) is 72.8 Å². The van der Waals surface area contributed by atoms with Crippen molar-refractivity contribution >= 4 is 199 Å². The number of para-hydroxylation sites is 4. The van der Waals surface area contributed by atoms with E-state index in [4.69, 9.17) is 0 Å². The van der Waals surface area contributed by atoms with E-state index in [1.165, 1.54) is 152 Å². The highest BCUT2D eigenvalue weighted by Crippen LogP contribution is 2.54. The van der Waals surface area contributed by atoms with Crippen LogP contribution in [0.2, 0.25) is 0 Å². The zero-order valence-electron chi connectivity index (χ0n) is 28.0. The minimum atomic E-state index is 0.189. The minimum absolute atomic E-state index is 0.189. The number of aromatic nitrogens is 4. The third-order valence-corrected chi connectivity index (χ3v) is 16.5. The van der Waals surface area contributed by atoms with Crippen molar-refractivity contribution in [3.05, 3.63) is 84.9 Å². The van der Waals surface area contributed by atoms with E-state index in [2.05, 4.69) is 103 Å². The lowest BCUT2D eigenvalue weighted by atomic mass is 9.19. The zero-order valence-corrected chi connectivity index (χ0v) is 28.0. The van der Waals surface area contributed by atoms with Crippen molar-refractivity contribution in [2.45, 2.75) is 0 Å². The Kier molecular flexibility index (Phi) is 2.39. The topological polar surface area (TPSA) is 17.6 Å². The lowest BCUT2D eigenvalue weighted by Gasteiger charge is -2.40. The van der Waals surface area contributed by atoms with Crippen molar-refractivity contribution in [1.82, 2.24) is 17.6 Å². The first kappa shape index (κ1) is 22.2.